The van der Waals surface area contributed by atoms with E-state index in [0.29, 0.717) is 0 Å². The molecule has 0 aliphatic heterocycles. The highest BCUT2D eigenvalue weighted by molar-refractivity contribution is 6.28. The van der Waals surface area contributed by atoms with Gasteiger partial charge in [-0.15, -0.1) is 0 Å². The Morgan fingerprint density at radius 2 is 1.41 bits per heavy atom. The Labute approximate surface area is 88.0 Å². The van der Waals surface area contributed by atoms with Gasteiger partial charge in [-0.3, -0.25) is 0 Å². The van der Waals surface area contributed by atoms with Crippen LogP contribution in [0, 0.1) is 0 Å². The number of ether oxygens (including phenoxy) is 1. The highest BCUT2D eigenvalue weighted by Crippen LogP contribution is 2.46. The van der Waals surface area contributed by atoms with E-state index >= 15 is 0 Å². The van der Waals surface area contributed by atoms with Crippen LogP contribution in [0.1, 0.15) is 0 Å². The molecule has 0 fully saturated rings. The van der Waals surface area contributed by atoms with Crippen molar-refractivity contribution in [1.29, 1.82) is 0 Å². The van der Waals surface area contributed by atoms with Crippen molar-refractivity contribution in [1.82, 2.24) is 0 Å². The SMILES string of the molecule is O=C(O)C(=O)OCC(F)(F)C(F)(F)C(F)(F)F. The average molecular weight is 272 g/mol. The smallest absolute Gasteiger partial charge is 0.460 e. The molecular weight excluding hydrogens is 269 g/mol. The number of rotatable bonds is 3. The highest BCUT2D eigenvalue weighted by Gasteiger charge is 2.73. The van der Waals surface area contributed by atoms with E-state index in [-0.39, 0.29) is 0 Å². The fraction of sp³-hybridized carbons (Fsp3) is 0.667. The molecular formula is C6H3F7O4. The maximum absolute atomic E-state index is 12.4. The predicted octanol–water partition coefficient (Wildman–Crippen LogP) is 1.45. The van der Waals surface area contributed by atoms with Crippen LogP contribution in [0.25, 0.3) is 0 Å². The number of carboxylic acid groups (broad SMARTS) is 1. The van der Waals surface area contributed by atoms with Crippen LogP contribution in [0.5, 0.6) is 0 Å². The summed E-state index contributed by atoms with van der Waals surface area (Å²) in [6, 6.07) is 0. The second-order valence-corrected chi connectivity index (χ2v) is 2.66. The average Bonchev–Trinajstić information content (AvgIpc) is 2.11. The van der Waals surface area contributed by atoms with Crippen molar-refractivity contribution < 1.29 is 50.2 Å². The Bertz CT molecular complexity index is 321. The molecule has 0 atom stereocenters. The van der Waals surface area contributed by atoms with Gasteiger partial charge in [-0.1, -0.05) is 0 Å². The van der Waals surface area contributed by atoms with Crippen molar-refractivity contribution >= 4 is 11.9 Å². The number of carbonyl (C=O) groups is 2. The summed E-state index contributed by atoms with van der Waals surface area (Å²) < 4.78 is 86.7. The second-order valence-electron chi connectivity index (χ2n) is 2.66. The zero-order chi connectivity index (χ0) is 14.1. The fourth-order valence-corrected chi connectivity index (χ4v) is 0.516. The molecule has 0 rings (SSSR count). The Morgan fingerprint density at radius 1 is 1.00 bits per heavy atom. The van der Waals surface area contributed by atoms with Crippen LogP contribution < -0.4 is 0 Å². The van der Waals surface area contributed by atoms with Crippen LogP contribution >= 0.6 is 0 Å². The summed E-state index contributed by atoms with van der Waals surface area (Å²) >= 11 is 0. The molecule has 0 radical (unpaired) electrons. The van der Waals surface area contributed by atoms with Crippen LogP contribution in [-0.4, -0.2) is 41.7 Å². The lowest BCUT2D eigenvalue weighted by Crippen LogP contribution is -2.54. The monoisotopic (exact) mass is 272 g/mol. The fourth-order valence-electron chi connectivity index (χ4n) is 0.516. The van der Waals surface area contributed by atoms with Crippen molar-refractivity contribution in [3.8, 4) is 0 Å². The first-order chi connectivity index (χ1) is 7.33. The maximum atomic E-state index is 12.4. The number of halogens is 7. The number of esters is 1. The first kappa shape index (κ1) is 15.4. The summed E-state index contributed by atoms with van der Waals surface area (Å²) in [4.78, 5) is 19.8. The second kappa shape index (κ2) is 4.37. The normalized spacial score (nSPS) is 13.4. The van der Waals surface area contributed by atoms with E-state index in [1.807, 2.05) is 0 Å². The van der Waals surface area contributed by atoms with Crippen molar-refractivity contribution in [3.63, 3.8) is 0 Å². The molecule has 0 aliphatic rings. The molecule has 1 N–H and O–H groups in total. The summed E-state index contributed by atoms with van der Waals surface area (Å²) in [7, 11) is 0. The first-order valence-electron chi connectivity index (χ1n) is 3.55. The molecule has 0 aromatic carbocycles. The number of hydrogen-bond donors (Lipinski definition) is 1. The van der Waals surface area contributed by atoms with E-state index in [1.54, 1.807) is 0 Å². The Hall–Kier alpha value is -1.55. The Kier molecular flexibility index (Phi) is 3.97. The number of aliphatic carboxylic acids is 1. The van der Waals surface area contributed by atoms with Crippen LogP contribution in [-0.2, 0) is 14.3 Å². The van der Waals surface area contributed by atoms with E-state index in [0.717, 1.165) is 0 Å². The summed E-state index contributed by atoms with van der Waals surface area (Å²) in [6.07, 6.45) is -6.56. The van der Waals surface area contributed by atoms with E-state index in [2.05, 4.69) is 4.74 Å². The molecule has 0 unspecified atom stereocenters. The molecule has 0 saturated heterocycles. The van der Waals surface area contributed by atoms with Crippen molar-refractivity contribution in [3.05, 3.63) is 0 Å². The van der Waals surface area contributed by atoms with Gasteiger partial charge >= 0.3 is 30.0 Å². The van der Waals surface area contributed by atoms with Crippen LogP contribution in [0.4, 0.5) is 30.7 Å². The van der Waals surface area contributed by atoms with E-state index in [1.165, 1.54) is 0 Å². The van der Waals surface area contributed by atoms with Crippen LogP contribution in [0.2, 0.25) is 0 Å². The molecule has 0 aromatic heterocycles. The lowest BCUT2D eigenvalue weighted by molar-refractivity contribution is -0.359. The molecule has 4 nitrogen and oxygen atoms in total. The lowest BCUT2D eigenvalue weighted by Gasteiger charge is -2.27. The van der Waals surface area contributed by atoms with Crippen molar-refractivity contribution in [2.75, 3.05) is 6.61 Å². The zero-order valence-corrected chi connectivity index (χ0v) is 7.52. The summed E-state index contributed by atoms with van der Waals surface area (Å²) in [6.45, 7) is -2.70. The van der Waals surface area contributed by atoms with Gasteiger partial charge in [0.1, 0.15) is 0 Å². The van der Waals surface area contributed by atoms with Gasteiger partial charge in [-0.05, 0) is 0 Å². The molecule has 0 aromatic rings. The van der Waals surface area contributed by atoms with Gasteiger partial charge in [0, 0.05) is 0 Å². The summed E-state index contributed by atoms with van der Waals surface area (Å²) in [5.74, 6) is -17.0. The summed E-state index contributed by atoms with van der Waals surface area (Å²) in [5.41, 5.74) is 0. The van der Waals surface area contributed by atoms with Gasteiger partial charge in [0.15, 0.2) is 6.61 Å². The van der Waals surface area contributed by atoms with E-state index < -0.39 is 36.6 Å². The van der Waals surface area contributed by atoms with Gasteiger partial charge in [0.2, 0.25) is 0 Å². The molecule has 0 aliphatic carbocycles. The Balaban J connectivity index is 4.80. The topological polar surface area (TPSA) is 63.6 Å². The van der Waals surface area contributed by atoms with E-state index in [9.17, 15) is 40.3 Å². The highest BCUT2D eigenvalue weighted by atomic mass is 19.4. The quantitative estimate of drug-likeness (QED) is 0.480. The predicted molar refractivity (Wildman–Crippen MR) is 34.5 cm³/mol. The Morgan fingerprint density at radius 3 is 1.71 bits per heavy atom. The van der Waals surface area contributed by atoms with Crippen LogP contribution in [0.3, 0.4) is 0 Å². The minimum absolute atomic E-state index is 2.37. The molecule has 0 bridgehead atoms. The largest absolute Gasteiger partial charge is 0.473 e. The summed E-state index contributed by atoms with van der Waals surface area (Å²) in [5, 5.41) is 7.81. The van der Waals surface area contributed by atoms with Gasteiger partial charge in [-0.25, -0.2) is 9.59 Å². The lowest BCUT2D eigenvalue weighted by atomic mass is 10.2. The third-order valence-electron chi connectivity index (χ3n) is 1.37. The number of carbonyl (C=O) groups excluding carboxylic acids is 1. The van der Waals surface area contributed by atoms with Gasteiger partial charge in [0.25, 0.3) is 0 Å². The molecule has 0 saturated carbocycles. The maximum Gasteiger partial charge on any atom is 0.460 e. The number of alkyl halides is 7. The van der Waals surface area contributed by atoms with Gasteiger partial charge in [-0.2, -0.15) is 30.7 Å². The number of carboxylic acids is 1. The van der Waals surface area contributed by atoms with Gasteiger partial charge < -0.3 is 9.84 Å². The molecule has 11 heteroatoms. The third kappa shape index (κ3) is 3.20. The molecule has 0 amide bonds. The first-order valence-corrected chi connectivity index (χ1v) is 3.55. The van der Waals surface area contributed by atoms with Crippen molar-refractivity contribution in [2.24, 2.45) is 0 Å². The third-order valence-corrected chi connectivity index (χ3v) is 1.37. The minimum Gasteiger partial charge on any atom is -0.473 e. The van der Waals surface area contributed by atoms with E-state index in [4.69, 9.17) is 5.11 Å². The molecule has 0 spiro atoms. The molecule has 17 heavy (non-hydrogen) atoms. The van der Waals surface area contributed by atoms with Gasteiger partial charge in [0.05, 0.1) is 0 Å². The van der Waals surface area contributed by atoms with Crippen molar-refractivity contribution in [2.45, 2.75) is 18.0 Å². The minimum atomic E-state index is -6.56. The van der Waals surface area contributed by atoms with Crippen LogP contribution in [0.15, 0.2) is 0 Å². The zero-order valence-electron chi connectivity index (χ0n) is 7.52. The number of hydrogen-bond acceptors (Lipinski definition) is 3. The standard InChI is InChI=1S/C6H3F7O4/c7-4(8,1-17-3(16)2(14)15)5(9,10)6(11,12)13/h1H2,(H,14,15). The molecule has 0 heterocycles. The molecule has 100 valence electrons.